The molecule has 1 aromatic rings. The van der Waals surface area contributed by atoms with Gasteiger partial charge >= 0.3 is 0 Å². The summed E-state index contributed by atoms with van der Waals surface area (Å²) in [5.74, 6) is 0. The second-order valence-corrected chi connectivity index (χ2v) is 2.67. The van der Waals surface area contributed by atoms with Crippen molar-refractivity contribution in [3.63, 3.8) is 0 Å². The molecule has 0 atom stereocenters. The highest BCUT2D eigenvalue weighted by Gasteiger charge is 2.20. The summed E-state index contributed by atoms with van der Waals surface area (Å²) in [5.41, 5.74) is 3.61. The number of benzene rings is 1. The Kier molecular flexibility index (Phi) is 0.537. The summed E-state index contributed by atoms with van der Waals surface area (Å²) in [6, 6.07) is 6.29. The van der Waals surface area contributed by atoms with Crippen LogP contribution in [0.4, 0.5) is 17.1 Å². The molecule has 4 rings (SSSR count). The van der Waals surface area contributed by atoms with Crippen molar-refractivity contribution >= 4 is 17.1 Å². The average molecular weight is 133 g/mol. The van der Waals surface area contributed by atoms with Gasteiger partial charge in [0, 0.05) is 17.1 Å². The molecule has 10 heavy (non-hydrogen) atoms. The van der Waals surface area contributed by atoms with E-state index in [9.17, 15) is 0 Å². The second-order valence-electron chi connectivity index (χ2n) is 2.67. The lowest BCUT2D eigenvalue weighted by atomic mass is 10.1. The molecule has 3 heteroatoms. The van der Waals surface area contributed by atoms with Crippen molar-refractivity contribution in [1.82, 2.24) is 0 Å². The van der Waals surface area contributed by atoms with Crippen molar-refractivity contribution in [3.8, 4) is 0 Å². The summed E-state index contributed by atoms with van der Waals surface area (Å²) in [4.78, 5) is 0. The molecule has 3 N–H and O–H groups in total. The van der Waals surface area contributed by atoms with Gasteiger partial charge in [0.15, 0.2) is 6.29 Å². The van der Waals surface area contributed by atoms with E-state index in [0.29, 0.717) is 0 Å². The van der Waals surface area contributed by atoms with Gasteiger partial charge in [-0.2, -0.15) is 0 Å². The molecule has 3 heterocycles. The lowest BCUT2D eigenvalue weighted by Gasteiger charge is -2.34. The SMILES string of the molecule is c1c2cc3cc1NC(N2)N3. The highest BCUT2D eigenvalue weighted by atomic mass is 15.3. The van der Waals surface area contributed by atoms with Crippen LogP contribution < -0.4 is 16.0 Å². The summed E-state index contributed by atoms with van der Waals surface area (Å²) >= 11 is 0. The average Bonchev–Trinajstić information content (AvgIpc) is 1.82. The van der Waals surface area contributed by atoms with Crippen LogP contribution in [0.2, 0.25) is 0 Å². The number of rotatable bonds is 0. The van der Waals surface area contributed by atoms with Gasteiger partial charge in [0.2, 0.25) is 0 Å². The smallest absolute Gasteiger partial charge is 0.173 e. The van der Waals surface area contributed by atoms with E-state index in [2.05, 4.69) is 34.1 Å². The molecule has 3 aliphatic heterocycles. The zero-order valence-corrected chi connectivity index (χ0v) is 5.31. The van der Waals surface area contributed by atoms with Crippen LogP contribution in [0.15, 0.2) is 18.2 Å². The first-order valence-electron chi connectivity index (χ1n) is 3.35. The van der Waals surface area contributed by atoms with Crippen LogP contribution in [0.1, 0.15) is 0 Å². The van der Waals surface area contributed by atoms with Gasteiger partial charge in [0.05, 0.1) is 0 Å². The molecule has 0 saturated heterocycles. The van der Waals surface area contributed by atoms with Crippen LogP contribution in [0.25, 0.3) is 0 Å². The summed E-state index contributed by atoms with van der Waals surface area (Å²) < 4.78 is 0. The van der Waals surface area contributed by atoms with E-state index in [4.69, 9.17) is 0 Å². The van der Waals surface area contributed by atoms with Crippen LogP contribution in [-0.4, -0.2) is 6.29 Å². The van der Waals surface area contributed by atoms with E-state index < -0.39 is 0 Å². The van der Waals surface area contributed by atoms with Gasteiger partial charge in [-0.3, -0.25) is 0 Å². The first-order chi connectivity index (χ1) is 4.90. The molecule has 0 spiro atoms. The minimum absolute atomic E-state index is 0.222. The monoisotopic (exact) mass is 133 g/mol. The predicted octanol–water partition coefficient (Wildman–Crippen LogP) is 1.23. The number of nitrogens with one attached hydrogen (secondary N) is 3. The van der Waals surface area contributed by atoms with Crippen molar-refractivity contribution < 1.29 is 0 Å². The molecule has 0 aromatic heterocycles. The van der Waals surface area contributed by atoms with Crippen LogP contribution in [0.3, 0.4) is 0 Å². The van der Waals surface area contributed by atoms with Crippen LogP contribution in [0, 0.1) is 0 Å². The molecule has 1 aromatic carbocycles. The summed E-state index contributed by atoms with van der Waals surface area (Å²) in [5, 5.41) is 9.71. The normalized spacial score (nSPS) is 18.0. The first-order valence-corrected chi connectivity index (χ1v) is 3.35. The van der Waals surface area contributed by atoms with Gasteiger partial charge in [0.25, 0.3) is 0 Å². The predicted molar refractivity (Wildman–Crippen MR) is 41.1 cm³/mol. The third-order valence-electron chi connectivity index (χ3n) is 1.87. The van der Waals surface area contributed by atoms with Crippen molar-refractivity contribution in [3.05, 3.63) is 18.2 Å². The van der Waals surface area contributed by atoms with Crippen molar-refractivity contribution in [2.24, 2.45) is 0 Å². The molecule has 0 fully saturated rings. The number of anilines is 3. The molecule has 0 radical (unpaired) electrons. The molecule has 50 valence electrons. The van der Waals surface area contributed by atoms with Crippen molar-refractivity contribution in [1.29, 1.82) is 0 Å². The van der Waals surface area contributed by atoms with Crippen LogP contribution >= 0.6 is 0 Å². The van der Waals surface area contributed by atoms with Gasteiger partial charge in [-0.25, -0.2) is 0 Å². The zero-order chi connectivity index (χ0) is 6.55. The molecule has 3 aliphatic rings. The van der Waals surface area contributed by atoms with Crippen molar-refractivity contribution in [2.75, 3.05) is 16.0 Å². The highest BCUT2D eigenvalue weighted by Crippen LogP contribution is 2.32. The lowest BCUT2D eigenvalue weighted by molar-refractivity contribution is 0.892. The Hall–Kier alpha value is -1.38. The largest absolute Gasteiger partial charge is 0.348 e. The highest BCUT2D eigenvalue weighted by molar-refractivity contribution is 5.75. The maximum atomic E-state index is 3.24. The fraction of sp³-hybridized carbons (Fsp3) is 0.143. The van der Waals surface area contributed by atoms with Crippen LogP contribution in [-0.2, 0) is 0 Å². The second kappa shape index (κ2) is 1.21. The van der Waals surface area contributed by atoms with Gasteiger partial charge < -0.3 is 16.0 Å². The minimum Gasteiger partial charge on any atom is -0.348 e. The molecule has 0 unspecified atom stereocenters. The Labute approximate surface area is 58.4 Å². The van der Waals surface area contributed by atoms with E-state index in [1.54, 1.807) is 0 Å². The van der Waals surface area contributed by atoms with E-state index in [1.807, 2.05) is 0 Å². The van der Waals surface area contributed by atoms with E-state index >= 15 is 0 Å². The fourth-order valence-electron chi connectivity index (χ4n) is 1.49. The summed E-state index contributed by atoms with van der Waals surface area (Å²) in [6.45, 7) is 0. The van der Waals surface area contributed by atoms with Crippen LogP contribution in [0.5, 0.6) is 0 Å². The summed E-state index contributed by atoms with van der Waals surface area (Å²) in [6.07, 6.45) is 0.222. The first kappa shape index (κ1) is 4.44. The van der Waals surface area contributed by atoms with Crippen molar-refractivity contribution in [2.45, 2.75) is 6.29 Å². The molecule has 3 nitrogen and oxygen atoms in total. The lowest BCUT2D eigenvalue weighted by Crippen LogP contribution is -2.42. The minimum atomic E-state index is 0.222. The molecule has 0 amide bonds. The maximum Gasteiger partial charge on any atom is 0.173 e. The maximum absolute atomic E-state index is 3.24. The standard InChI is InChI=1S/C7H7N3/c1-4-2-6-3-5(1)9-7(8-4)10-6/h1-3,7-10H. The Bertz CT molecular complexity index is 235. The topological polar surface area (TPSA) is 36.1 Å². The molecule has 0 aliphatic carbocycles. The molecule has 4 bridgehead atoms. The third kappa shape index (κ3) is 0.409. The fourth-order valence-corrected chi connectivity index (χ4v) is 1.49. The summed E-state index contributed by atoms with van der Waals surface area (Å²) in [7, 11) is 0. The zero-order valence-electron chi connectivity index (χ0n) is 5.31. The molecular weight excluding hydrogens is 126 g/mol. The Balaban J connectivity index is 2.38. The third-order valence-corrected chi connectivity index (χ3v) is 1.87. The van der Waals surface area contributed by atoms with E-state index in [1.165, 1.54) is 17.1 Å². The molecular formula is C7H7N3. The Morgan fingerprint density at radius 1 is 0.800 bits per heavy atom. The van der Waals surface area contributed by atoms with Gasteiger partial charge in [0.1, 0.15) is 0 Å². The Morgan fingerprint density at radius 3 is 1.50 bits per heavy atom. The van der Waals surface area contributed by atoms with Gasteiger partial charge in [-0.1, -0.05) is 0 Å². The van der Waals surface area contributed by atoms with Gasteiger partial charge in [-0.15, -0.1) is 0 Å². The van der Waals surface area contributed by atoms with E-state index in [-0.39, 0.29) is 6.29 Å². The number of hydrogen-bond donors (Lipinski definition) is 3. The molecule has 0 saturated carbocycles. The van der Waals surface area contributed by atoms with E-state index in [0.717, 1.165) is 0 Å². The quantitative estimate of drug-likeness (QED) is 0.498. The van der Waals surface area contributed by atoms with Gasteiger partial charge in [-0.05, 0) is 18.2 Å². The Morgan fingerprint density at radius 2 is 1.20 bits per heavy atom. The number of hydrogen-bond acceptors (Lipinski definition) is 3.